The van der Waals surface area contributed by atoms with E-state index in [1.54, 1.807) is 42.5 Å². The maximum absolute atomic E-state index is 12.1. The average Bonchev–Trinajstić information content (AvgIpc) is 2.74. The topological polar surface area (TPSA) is 88.1 Å². The Kier molecular flexibility index (Phi) is 6.65. The fourth-order valence-corrected chi connectivity index (χ4v) is 3.66. The average molecular weight is 401 g/mol. The Hall–Kier alpha value is -2.87. The molecule has 1 aliphatic rings. The molecule has 2 aromatic carbocycles. The van der Waals surface area contributed by atoms with E-state index < -0.39 is 10.0 Å². The zero-order valence-electron chi connectivity index (χ0n) is 15.5. The van der Waals surface area contributed by atoms with Crippen molar-refractivity contribution in [1.29, 1.82) is 0 Å². The molecule has 1 amide bonds. The Morgan fingerprint density at radius 3 is 2.39 bits per heavy atom. The summed E-state index contributed by atoms with van der Waals surface area (Å²) < 4.78 is 29.7. The number of nitrogens with one attached hydrogen (secondary N) is 1. The van der Waals surface area contributed by atoms with Gasteiger partial charge in [-0.3, -0.25) is 4.79 Å². The SMILES string of the molecule is O=C(COc1ccc(/C=N\NS(=O)(=O)c2ccccc2)cc1)N1CCCCC1. The molecule has 0 aromatic heterocycles. The Morgan fingerprint density at radius 2 is 1.71 bits per heavy atom. The van der Waals surface area contributed by atoms with E-state index in [1.807, 2.05) is 4.90 Å². The number of hydrogen-bond acceptors (Lipinski definition) is 5. The predicted molar refractivity (Wildman–Crippen MR) is 107 cm³/mol. The van der Waals surface area contributed by atoms with Crippen LogP contribution in [0.2, 0.25) is 0 Å². The van der Waals surface area contributed by atoms with Crippen LogP contribution in [0.25, 0.3) is 0 Å². The van der Waals surface area contributed by atoms with Gasteiger partial charge in [-0.05, 0) is 61.2 Å². The fourth-order valence-electron chi connectivity index (χ4n) is 2.85. The zero-order chi connectivity index (χ0) is 19.8. The smallest absolute Gasteiger partial charge is 0.276 e. The molecule has 0 aliphatic carbocycles. The summed E-state index contributed by atoms with van der Waals surface area (Å²) in [6.07, 6.45) is 4.68. The van der Waals surface area contributed by atoms with Gasteiger partial charge in [-0.1, -0.05) is 18.2 Å². The van der Waals surface area contributed by atoms with Gasteiger partial charge in [0.1, 0.15) is 5.75 Å². The van der Waals surface area contributed by atoms with Gasteiger partial charge in [-0.25, -0.2) is 4.83 Å². The first-order valence-electron chi connectivity index (χ1n) is 9.15. The van der Waals surface area contributed by atoms with E-state index >= 15 is 0 Å². The lowest BCUT2D eigenvalue weighted by molar-refractivity contribution is -0.134. The van der Waals surface area contributed by atoms with Gasteiger partial charge in [0.2, 0.25) is 0 Å². The van der Waals surface area contributed by atoms with Crippen LogP contribution in [0.1, 0.15) is 24.8 Å². The number of sulfonamides is 1. The van der Waals surface area contributed by atoms with Crippen LogP contribution in [0, 0.1) is 0 Å². The van der Waals surface area contributed by atoms with E-state index in [-0.39, 0.29) is 17.4 Å². The van der Waals surface area contributed by atoms with E-state index in [0.29, 0.717) is 11.3 Å². The molecule has 0 saturated carbocycles. The minimum atomic E-state index is -3.68. The standard InChI is InChI=1S/C20H23N3O4S/c24-20(23-13-5-2-6-14-23)16-27-18-11-9-17(10-12-18)15-21-22-28(25,26)19-7-3-1-4-8-19/h1,3-4,7-12,15,22H,2,5-6,13-14,16H2/b21-15-. The molecule has 0 unspecified atom stereocenters. The molecule has 0 spiro atoms. The van der Waals surface area contributed by atoms with Crippen LogP contribution < -0.4 is 9.57 Å². The summed E-state index contributed by atoms with van der Waals surface area (Å²) in [5.41, 5.74) is 0.700. The van der Waals surface area contributed by atoms with Gasteiger partial charge in [0, 0.05) is 13.1 Å². The number of likely N-dealkylation sites (tertiary alicyclic amines) is 1. The van der Waals surface area contributed by atoms with Crippen LogP contribution in [0.15, 0.2) is 64.6 Å². The van der Waals surface area contributed by atoms with Crippen molar-refractivity contribution in [3.05, 3.63) is 60.2 Å². The molecule has 28 heavy (non-hydrogen) atoms. The number of benzene rings is 2. The second kappa shape index (κ2) is 9.36. The lowest BCUT2D eigenvalue weighted by Gasteiger charge is -2.26. The fraction of sp³-hybridized carbons (Fsp3) is 0.300. The summed E-state index contributed by atoms with van der Waals surface area (Å²) in [5.74, 6) is 0.577. The van der Waals surface area contributed by atoms with Crippen LogP contribution in [-0.2, 0) is 14.8 Å². The molecule has 148 valence electrons. The number of amides is 1. The molecule has 0 atom stereocenters. The second-order valence-corrected chi connectivity index (χ2v) is 8.13. The van der Waals surface area contributed by atoms with E-state index in [4.69, 9.17) is 4.74 Å². The van der Waals surface area contributed by atoms with Crippen molar-refractivity contribution >= 4 is 22.1 Å². The molecule has 2 aromatic rings. The first kappa shape index (κ1) is 19.9. The van der Waals surface area contributed by atoms with Crippen molar-refractivity contribution in [3.8, 4) is 5.75 Å². The highest BCUT2D eigenvalue weighted by molar-refractivity contribution is 7.89. The molecule has 1 aliphatic heterocycles. The molecule has 3 rings (SSSR count). The second-order valence-electron chi connectivity index (χ2n) is 6.47. The van der Waals surface area contributed by atoms with E-state index in [2.05, 4.69) is 9.93 Å². The number of rotatable bonds is 7. The number of carbonyl (C=O) groups excluding carboxylic acids is 1. The largest absolute Gasteiger partial charge is 0.484 e. The van der Waals surface area contributed by atoms with E-state index in [9.17, 15) is 13.2 Å². The summed E-state index contributed by atoms with van der Waals surface area (Å²) in [6, 6.07) is 14.9. The lowest BCUT2D eigenvalue weighted by atomic mass is 10.1. The highest BCUT2D eigenvalue weighted by atomic mass is 32.2. The summed E-state index contributed by atoms with van der Waals surface area (Å²) in [5, 5.41) is 3.79. The number of nitrogens with zero attached hydrogens (tertiary/aromatic N) is 2. The van der Waals surface area contributed by atoms with Gasteiger partial charge in [0.05, 0.1) is 11.1 Å². The molecule has 1 saturated heterocycles. The third-order valence-electron chi connectivity index (χ3n) is 4.39. The molecule has 0 radical (unpaired) electrons. The molecular weight excluding hydrogens is 378 g/mol. The van der Waals surface area contributed by atoms with Crippen molar-refractivity contribution in [2.75, 3.05) is 19.7 Å². The highest BCUT2D eigenvalue weighted by Crippen LogP contribution is 2.13. The number of hydrazone groups is 1. The van der Waals surface area contributed by atoms with Gasteiger partial charge in [-0.15, -0.1) is 0 Å². The predicted octanol–water partition coefficient (Wildman–Crippen LogP) is 2.39. The minimum Gasteiger partial charge on any atom is -0.484 e. The van der Waals surface area contributed by atoms with Crippen LogP contribution in [0.4, 0.5) is 0 Å². The Balaban J connectivity index is 1.50. The van der Waals surface area contributed by atoms with E-state index in [1.165, 1.54) is 24.8 Å². The number of ether oxygens (including phenoxy) is 1. The van der Waals surface area contributed by atoms with Crippen molar-refractivity contribution in [3.63, 3.8) is 0 Å². The molecule has 8 heteroatoms. The molecule has 1 fully saturated rings. The molecule has 0 bridgehead atoms. The number of carbonyl (C=O) groups is 1. The molecule has 1 N–H and O–H groups in total. The van der Waals surface area contributed by atoms with Crippen molar-refractivity contribution in [2.24, 2.45) is 5.10 Å². The number of piperidine rings is 1. The van der Waals surface area contributed by atoms with Crippen LogP contribution in [0.5, 0.6) is 5.75 Å². The summed E-state index contributed by atoms with van der Waals surface area (Å²) in [4.78, 5) is 16.3. The maximum atomic E-state index is 12.1. The third-order valence-corrected chi connectivity index (χ3v) is 5.63. The maximum Gasteiger partial charge on any atom is 0.276 e. The summed E-state index contributed by atoms with van der Waals surface area (Å²) in [6.45, 7) is 1.62. The molecular formula is C20H23N3O4S. The molecule has 1 heterocycles. The van der Waals surface area contributed by atoms with Crippen molar-refractivity contribution < 1.29 is 17.9 Å². The van der Waals surface area contributed by atoms with Crippen LogP contribution in [-0.4, -0.2) is 45.1 Å². The van der Waals surface area contributed by atoms with Crippen LogP contribution in [0.3, 0.4) is 0 Å². The van der Waals surface area contributed by atoms with Crippen LogP contribution >= 0.6 is 0 Å². The molecule has 7 nitrogen and oxygen atoms in total. The minimum absolute atomic E-state index is 0.000609. The Bertz CT molecular complexity index is 906. The highest BCUT2D eigenvalue weighted by Gasteiger charge is 2.16. The van der Waals surface area contributed by atoms with Crippen molar-refractivity contribution in [2.45, 2.75) is 24.2 Å². The van der Waals surface area contributed by atoms with Gasteiger partial charge in [-0.2, -0.15) is 13.5 Å². The monoisotopic (exact) mass is 401 g/mol. The van der Waals surface area contributed by atoms with Gasteiger partial charge in [0.25, 0.3) is 15.9 Å². The Labute approximate surface area is 165 Å². The quantitative estimate of drug-likeness (QED) is 0.570. The lowest BCUT2D eigenvalue weighted by Crippen LogP contribution is -2.38. The first-order chi connectivity index (χ1) is 13.5. The van der Waals surface area contributed by atoms with Gasteiger partial charge in [0.15, 0.2) is 6.61 Å². The van der Waals surface area contributed by atoms with E-state index in [0.717, 1.165) is 25.9 Å². The Morgan fingerprint density at radius 1 is 1.04 bits per heavy atom. The number of hydrogen-bond donors (Lipinski definition) is 1. The van der Waals surface area contributed by atoms with Gasteiger partial charge < -0.3 is 9.64 Å². The zero-order valence-corrected chi connectivity index (χ0v) is 16.3. The summed E-state index contributed by atoms with van der Waals surface area (Å²) in [7, 11) is -3.68. The van der Waals surface area contributed by atoms with Gasteiger partial charge >= 0.3 is 0 Å². The first-order valence-corrected chi connectivity index (χ1v) is 10.6. The van der Waals surface area contributed by atoms with Crippen molar-refractivity contribution in [1.82, 2.24) is 9.73 Å². The summed E-state index contributed by atoms with van der Waals surface area (Å²) >= 11 is 0. The normalized spacial score (nSPS) is 14.8. The third kappa shape index (κ3) is 5.56.